The average Bonchev–Trinajstić information content (AvgIpc) is 3.42. The van der Waals surface area contributed by atoms with Crippen molar-refractivity contribution in [1.82, 2.24) is 19.9 Å². The first-order valence-electron chi connectivity index (χ1n) is 22.2. The van der Waals surface area contributed by atoms with Gasteiger partial charge in [-0.2, -0.15) is 0 Å². The van der Waals surface area contributed by atoms with Gasteiger partial charge in [-0.3, -0.25) is 0 Å². The summed E-state index contributed by atoms with van der Waals surface area (Å²) in [5.41, 5.74) is 17.5. The average molecular weight is 843 g/mol. The third kappa shape index (κ3) is 8.11. The van der Waals surface area contributed by atoms with Crippen LogP contribution in [-0.4, -0.2) is 19.9 Å². The monoisotopic (exact) mass is 842 g/mol. The molecule has 11 rings (SSSR count). The summed E-state index contributed by atoms with van der Waals surface area (Å²) >= 11 is 0. The number of hydrogen-bond donors (Lipinski definition) is 0. The minimum Gasteiger partial charge on any atom is -0.246 e. The second-order valence-corrected chi connectivity index (χ2v) is 16.2. The maximum atomic E-state index is 5.64. The Morgan fingerprint density at radius 3 is 0.818 bits per heavy atom. The molecular formula is C62H42N4. The molecule has 9 aromatic carbocycles. The molecule has 2 aromatic heterocycles. The Kier molecular flexibility index (Phi) is 10.9. The summed E-state index contributed by atoms with van der Waals surface area (Å²) in [5, 5.41) is 0. The van der Waals surface area contributed by atoms with E-state index in [4.69, 9.17) is 19.9 Å². The highest BCUT2D eigenvalue weighted by Crippen LogP contribution is 2.49. The van der Waals surface area contributed by atoms with Gasteiger partial charge in [-0.15, -0.1) is 0 Å². The molecule has 0 saturated heterocycles. The predicted octanol–water partition coefficient (Wildman–Crippen LogP) is 15.9. The highest BCUT2D eigenvalue weighted by Gasteiger charge is 2.26. The van der Waals surface area contributed by atoms with Crippen molar-refractivity contribution >= 4 is 0 Å². The lowest BCUT2D eigenvalue weighted by Crippen LogP contribution is -2.02. The first-order chi connectivity index (χ1) is 32.7. The normalized spacial score (nSPS) is 11.0. The molecule has 0 amide bonds. The van der Waals surface area contributed by atoms with Gasteiger partial charge >= 0.3 is 0 Å². The molecular weight excluding hydrogens is 801 g/mol. The first kappa shape index (κ1) is 40.0. The zero-order chi connectivity index (χ0) is 44.1. The van der Waals surface area contributed by atoms with Crippen LogP contribution in [0.3, 0.4) is 0 Å². The van der Waals surface area contributed by atoms with Gasteiger partial charge < -0.3 is 0 Å². The Balaban J connectivity index is 1.14. The predicted molar refractivity (Wildman–Crippen MR) is 272 cm³/mol. The van der Waals surface area contributed by atoms with E-state index in [2.05, 4.69) is 243 Å². The molecule has 0 aliphatic heterocycles. The van der Waals surface area contributed by atoms with Crippen LogP contribution < -0.4 is 0 Å². The molecule has 0 aliphatic rings. The van der Waals surface area contributed by atoms with Gasteiger partial charge in [-0.1, -0.05) is 249 Å². The van der Waals surface area contributed by atoms with Crippen LogP contribution in [0.2, 0.25) is 0 Å². The molecule has 2 heterocycles. The molecule has 4 nitrogen and oxygen atoms in total. The Bertz CT molecular complexity index is 3190. The largest absolute Gasteiger partial charge is 0.246 e. The molecule has 0 fully saturated rings. The number of aromatic nitrogens is 4. The number of hydrogen-bond acceptors (Lipinski definition) is 4. The number of benzene rings is 9. The van der Waals surface area contributed by atoms with Crippen LogP contribution in [0.5, 0.6) is 0 Å². The fraction of sp³-hybridized carbons (Fsp3) is 0. The van der Waals surface area contributed by atoms with Gasteiger partial charge in [0.2, 0.25) is 0 Å². The smallest absolute Gasteiger partial charge is 0.164 e. The van der Waals surface area contributed by atoms with Gasteiger partial charge in [0.05, 0.1) is 11.4 Å². The molecule has 0 atom stereocenters. The van der Waals surface area contributed by atoms with E-state index in [9.17, 15) is 0 Å². The van der Waals surface area contributed by atoms with Crippen molar-refractivity contribution in [3.63, 3.8) is 0 Å². The second kappa shape index (κ2) is 18.1. The Morgan fingerprint density at radius 2 is 0.439 bits per heavy atom. The zero-order valence-electron chi connectivity index (χ0n) is 36.0. The van der Waals surface area contributed by atoms with Crippen LogP contribution in [0.4, 0.5) is 0 Å². The van der Waals surface area contributed by atoms with E-state index in [1.165, 1.54) is 0 Å². The van der Waals surface area contributed by atoms with Gasteiger partial charge in [-0.05, 0) is 45.0 Å². The number of rotatable bonds is 10. The minimum absolute atomic E-state index is 0.583. The molecule has 310 valence electrons. The summed E-state index contributed by atoms with van der Waals surface area (Å²) < 4.78 is 0. The standard InChI is InChI=1S/C62H42N4/c1-7-20-43(21-8-1)45-34-38-51(39-35-45)60-64-61(52-40-36-46(37-41-52)44-22-9-2-10-23-44)66-62(65-60)54-33-19-32-53(42-54)55-56(47-24-11-3-12-25-47)58(49-28-15-5-16-29-49)63-59(50-30-17-6-18-31-50)57(55)48-26-13-4-14-27-48/h1-42H. The van der Waals surface area contributed by atoms with Crippen LogP contribution in [0, 0.1) is 0 Å². The lowest BCUT2D eigenvalue weighted by molar-refractivity contribution is 1.07. The Hall–Kier alpha value is -8.86. The topological polar surface area (TPSA) is 51.6 Å². The SMILES string of the molecule is c1ccc(-c2ccc(-c3nc(-c4ccc(-c5ccccc5)cc4)nc(-c4cccc(-c5c(-c6ccccc6)c(-c6ccccc6)nc(-c6ccccc6)c5-c5ccccc5)c4)n3)cc2)cc1. The van der Waals surface area contributed by atoms with Crippen LogP contribution >= 0.6 is 0 Å². The van der Waals surface area contributed by atoms with Crippen molar-refractivity contribution in [1.29, 1.82) is 0 Å². The highest BCUT2D eigenvalue weighted by atomic mass is 15.0. The highest BCUT2D eigenvalue weighted by molar-refractivity contribution is 6.05. The van der Waals surface area contributed by atoms with E-state index in [0.29, 0.717) is 17.5 Å². The molecule has 0 bridgehead atoms. The van der Waals surface area contributed by atoms with E-state index in [-0.39, 0.29) is 0 Å². The third-order valence-corrected chi connectivity index (χ3v) is 12.0. The van der Waals surface area contributed by atoms with Crippen LogP contribution in [0.15, 0.2) is 255 Å². The fourth-order valence-corrected chi connectivity index (χ4v) is 8.72. The Morgan fingerprint density at radius 1 is 0.167 bits per heavy atom. The van der Waals surface area contributed by atoms with Gasteiger partial charge in [-0.25, -0.2) is 19.9 Å². The van der Waals surface area contributed by atoms with E-state index in [0.717, 1.165) is 94.8 Å². The summed E-state index contributed by atoms with van der Waals surface area (Å²) in [6.07, 6.45) is 0. The van der Waals surface area contributed by atoms with Crippen molar-refractivity contribution < 1.29 is 0 Å². The summed E-state index contributed by atoms with van der Waals surface area (Å²) in [4.78, 5) is 21.3. The minimum atomic E-state index is 0.583. The van der Waals surface area contributed by atoms with Crippen molar-refractivity contribution in [2.24, 2.45) is 0 Å². The first-order valence-corrected chi connectivity index (χ1v) is 22.2. The van der Waals surface area contributed by atoms with E-state index >= 15 is 0 Å². The number of pyridine rings is 1. The molecule has 11 aromatic rings. The van der Waals surface area contributed by atoms with Gasteiger partial charge in [0.15, 0.2) is 17.5 Å². The quantitative estimate of drug-likeness (QED) is 0.138. The maximum Gasteiger partial charge on any atom is 0.164 e. The summed E-state index contributed by atoms with van der Waals surface area (Å²) in [5.74, 6) is 1.78. The van der Waals surface area contributed by atoms with E-state index in [1.54, 1.807) is 0 Å². The lowest BCUT2D eigenvalue weighted by atomic mass is 9.83. The van der Waals surface area contributed by atoms with Gasteiger partial charge in [0, 0.05) is 44.5 Å². The maximum absolute atomic E-state index is 5.64. The van der Waals surface area contributed by atoms with Crippen molar-refractivity contribution in [2.45, 2.75) is 0 Å². The molecule has 0 radical (unpaired) electrons. The molecule has 0 spiro atoms. The van der Waals surface area contributed by atoms with Gasteiger partial charge in [0.25, 0.3) is 0 Å². The van der Waals surface area contributed by atoms with Crippen LogP contribution in [0.1, 0.15) is 0 Å². The fourth-order valence-electron chi connectivity index (χ4n) is 8.72. The third-order valence-electron chi connectivity index (χ3n) is 12.0. The molecule has 0 unspecified atom stereocenters. The molecule has 0 aliphatic carbocycles. The van der Waals surface area contributed by atoms with Crippen molar-refractivity contribution in [2.75, 3.05) is 0 Å². The van der Waals surface area contributed by atoms with E-state index in [1.807, 2.05) is 12.1 Å². The number of nitrogens with zero attached hydrogens (tertiary/aromatic N) is 4. The molecule has 4 heteroatoms. The van der Waals surface area contributed by atoms with E-state index < -0.39 is 0 Å². The molecule has 0 saturated carbocycles. The summed E-state index contributed by atoms with van der Waals surface area (Å²) in [7, 11) is 0. The van der Waals surface area contributed by atoms with Crippen molar-refractivity contribution in [3.8, 4) is 112 Å². The van der Waals surface area contributed by atoms with Crippen molar-refractivity contribution in [3.05, 3.63) is 255 Å². The molecule has 66 heavy (non-hydrogen) atoms. The molecule has 0 N–H and O–H groups in total. The second-order valence-electron chi connectivity index (χ2n) is 16.2. The summed E-state index contributed by atoms with van der Waals surface area (Å²) in [6.45, 7) is 0. The lowest BCUT2D eigenvalue weighted by Gasteiger charge is -2.23. The summed E-state index contributed by atoms with van der Waals surface area (Å²) in [6, 6.07) is 88.8. The van der Waals surface area contributed by atoms with Crippen LogP contribution in [-0.2, 0) is 0 Å². The Labute approximate surface area is 385 Å². The van der Waals surface area contributed by atoms with Crippen LogP contribution in [0.25, 0.3) is 112 Å². The zero-order valence-corrected chi connectivity index (χ0v) is 36.0. The van der Waals surface area contributed by atoms with Gasteiger partial charge in [0.1, 0.15) is 0 Å².